The van der Waals surface area contributed by atoms with Crippen molar-refractivity contribution in [1.29, 1.82) is 0 Å². The summed E-state index contributed by atoms with van der Waals surface area (Å²) in [6.07, 6.45) is 2.43. The molecular formula is C11H18O5. The van der Waals surface area contributed by atoms with E-state index < -0.39 is 23.8 Å². The first-order chi connectivity index (χ1) is 7.71. The van der Waals surface area contributed by atoms with E-state index in [2.05, 4.69) is 0 Å². The molecule has 92 valence electrons. The average molecular weight is 230 g/mol. The Bertz CT molecular complexity index is 237. The van der Waals surface area contributed by atoms with Crippen LogP contribution in [-0.4, -0.2) is 49.2 Å². The van der Waals surface area contributed by atoms with E-state index in [0.29, 0.717) is 13.2 Å². The molecule has 16 heavy (non-hydrogen) atoms. The molecule has 1 N–H and O–H groups in total. The molecule has 2 atom stereocenters. The first-order valence-corrected chi connectivity index (χ1v) is 5.73. The molecular weight excluding hydrogens is 212 g/mol. The third kappa shape index (κ3) is 1.73. The van der Waals surface area contributed by atoms with Gasteiger partial charge >= 0.3 is 5.97 Å². The van der Waals surface area contributed by atoms with Crippen molar-refractivity contribution in [1.82, 2.24) is 0 Å². The number of hydrogen-bond donors (Lipinski definition) is 1. The van der Waals surface area contributed by atoms with E-state index in [1.165, 1.54) is 7.11 Å². The predicted molar refractivity (Wildman–Crippen MR) is 55.3 cm³/mol. The van der Waals surface area contributed by atoms with Gasteiger partial charge in [-0.3, -0.25) is 0 Å². The highest BCUT2D eigenvalue weighted by molar-refractivity contribution is 5.79. The molecule has 0 aromatic carbocycles. The first kappa shape index (κ1) is 11.8. The summed E-state index contributed by atoms with van der Waals surface area (Å²) in [4.78, 5) is 11.5. The maximum Gasteiger partial charge on any atom is 0.341 e. The number of ether oxygens (including phenoxy) is 3. The van der Waals surface area contributed by atoms with Gasteiger partial charge in [0.1, 0.15) is 12.2 Å². The van der Waals surface area contributed by atoms with Crippen LogP contribution >= 0.6 is 0 Å². The summed E-state index contributed by atoms with van der Waals surface area (Å²) in [6.45, 7) is 1.21. The van der Waals surface area contributed by atoms with E-state index in [0.717, 1.165) is 25.7 Å². The second-order valence-electron chi connectivity index (χ2n) is 4.31. The number of carboxylic acids is 1. The van der Waals surface area contributed by atoms with Crippen LogP contribution in [0.25, 0.3) is 0 Å². The molecule has 0 aliphatic carbocycles. The third-order valence-corrected chi connectivity index (χ3v) is 3.49. The Hall–Kier alpha value is -0.650. The predicted octanol–water partition coefficient (Wildman–Crippen LogP) is 0.814. The maximum absolute atomic E-state index is 11.5. The summed E-state index contributed by atoms with van der Waals surface area (Å²) in [5, 5.41) is 9.46. The molecule has 0 spiro atoms. The quantitative estimate of drug-likeness (QED) is 0.774. The Kier molecular flexibility index (Phi) is 3.47. The Morgan fingerprint density at radius 3 is 2.00 bits per heavy atom. The summed E-state index contributed by atoms with van der Waals surface area (Å²) in [7, 11) is 1.43. The van der Waals surface area contributed by atoms with Crippen molar-refractivity contribution in [3.63, 3.8) is 0 Å². The van der Waals surface area contributed by atoms with E-state index in [-0.39, 0.29) is 0 Å². The summed E-state index contributed by atoms with van der Waals surface area (Å²) in [6, 6.07) is 0. The highest BCUT2D eigenvalue weighted by atomic mass is 16.6. The topological polar surface area (TPSA) is 65.0 Å². The molecule has 2 aliphatic rings. The lowest BCUT2D eigenvalue weighted by molar-refractivity contribution is -0.203. The zero-order valence-corrected chi connectivity index (χ0v) is 9.48. The van der Waals surface area contributed by atoms with Crippen LogP contribution in [0.2, 0.25) is 0 Å². The van der Waals surface area contributed by atoms with Crippen LogP contribution in [0.15, 0.2) is 0 Å². The van der Waals surface area contributed by atoms with Gasteiger partial charge in [-0.1, -0.05) is 0 Å². The van der Waals surface area contributed by atoms with Gasteiger partial charge in [0.2, 0.25) is 5.60 Å². The fourth-order valence-electron chi connectivity index (χ4n) is 2.66. The van der Waals surface area contributed by atoms with Crippen molar-refractivity contribution in [2.75, 3.05) is 20.3 Å². The monoisotopic (exact) mass is 230 g/mol. The van der Waals surface area contributed by atoms with Gasteiger partial charge in [-0.2, -0.15) is 0 Å². The SMILES string of the molecule is COC(C(=O)O)(C1CCCO1)C1CCCO1. The van der Waals surface area contributed by atoms with Crippen LogP contribution < -0.4 is 0 Å². The van der Waals surface area contributed by atoms with Gasteiger partial charge in [0.25, 0.3) is 0 Å². The van der Waals surface area contributed by atoms with Gasteiger partial charge in [0.15, 0.2) is 0 Å². The van der Waals surface area contributed by atoms with Gasteiger partial charge in [-0.15, -0.1) is 0 Å². The molecule has 0 aromatic rings. The lowest BCUT2D eigenvalue weighted by Gasteiger charge is -2.37. The van der Waals surface area contributed by atoms with Crippen molar-refractivity contribution >= 4 is 5.97 Å². The Morgan fingerprint density at radius 1 is 1.25 bits per heavy atom. The molecule has 2 heterocycles. The normalized spacial score (nSPS) is 33.8. The number of aliphatic carboxylic acids is 1. The summed E-state index contributed by atoms with van der Waals surface area (Å²) in [5.74, 6) is -0.978. The number of carboxylic acid groups (broad SMARTS) is 1. The van der Waals surface area contributed by atoms with E-state index in [1.54, 1.807) is 0 Å². The molecule has 2 aliphatic heterocycles. The molecule has 0 saturated carbocycles. The summed E-state index contributed by atoms with van der Waals surface area (Å²) >= 11 is 0. The minimum Gasteiger partial charge on any atom is -0.479 e. The highest BCUT2D eigenvalue weighted by Crippen LogP contribution is 2.36. The third-order valence-electron chi connectivity index (χ3n) is 3.49. The molecule has 2 saturated heterocycles. The van der Waals surface area contributed by atoms with E-state index in [9.17, 15) is 9.90 Å². The molecule has 2 unspecified atom stereocenters. The lowest BCUT2D eigenvalue weighted by atomic mass is 9.86. The van der Waals surface area contributed by atoms with Crippen LogP contribution in [-0.2, 0) is 19.0 Å². The van der Waals surface area contributed by atoms with Crippen LogP contribution in [0.4, 0.5) is 0 Å². The van der Waals surface area contributed by atoms with E-state index in [1.807, 2.05) is 0 Å². The molecule has 2 fully saturated rings. The zero-order chi connectivity index (χ0) is 11.6. The second-order valence-corrected chi connectivity index (χ2v) is 4.31. The first-order valence-electron chi connectivity index (χ1n) is 5.73. The summed E-state index contributed by atoms with van der Waals surface area (Å²) < 4.78 is 16.3. The van der Waals surface area contributed by atoms with Gasteiger partial charge in [0.05, 0.1) is 0 Å². The number of methoxy groups -OCH3 is 1. The van der Waals surface area contributed by atoms with E-state index in [4.69, 9.17) is 14.2 Å². The van der Waals surface area contributed by atoms with E-state index >= 15 is 0 Å². The van der Waals surface area contributed by atoms with Crippen molar-refractivity contribution in [3.8, 4) is 0 Å². The minimum atomic E-state index is -1.33. The fraction of sp³-hybridized carbons (Fsp3) is 0.909. The Morgan fingerprint density at radius 2 is 1.75 bits per heavy atom. The minimum absolute atomic E-state index is 0.391. The van der Waals surface area contributed by atoms with Crippen LogP contribution in [0, 0.1) is 0 Å². The van der Waals surface area contributed by atoms with Gasteiger partial charge in [-0.05, 0) is 25.7 Å². The number of carbonyl (C=O) groups is 1. The molecule has 5 nitrogen and oxygen atoms in total. The fourth-order valence-corrected chi connectivity index (χ4v) is 2.66. The largest absolute Gasteiger partial charge is 0.479 e. The summed E-state index contributed by atoms with van der Waals surface area (Å²) in [5.41, 5.74) is -1.33. The van der Waals surface area contributed by atoms with Crippen LogP contribution in [0.1, 0.15) is 25.7 Å². The van der Waals surface area contributed by atoms with Crippen molar-refractivity contribution in [2.45, 2.75) is 43.5 Å². The zero-order valence-electron chi connectivity index (χ0n) is 9.48. The standard InChI is InChI=1S/C11H18O5/c1-14-11(10(12)13,8-4-2-6-15-8)9-5-3-7-16-9/h8-9H,2-7H2,1H3,(H,12,13). The number of hydrogen-bond acceptors (Lipinski definition) is 4. The van der Waals surface area contributed by atoms with Crippen LogP contribution in [0.3, 0.4) is 0 Å². The smallest absolute Gasteiger partial charge is 0.341 e. The molecule has 0 aromatic heterocycles. The van der Waals surface area contributed by atoms with Crippen molar-refractivity contribution < 1.29 is 24.1 Å². The maximum atomic E-state index is 11.5. The Labute approximate surface area is 94.7 Å². The molecule has 0 bridgehead atoms. The van der Waals surface area contributed by atoms with Gasteiger partial charge in [0, 0.05) is 20.3 Å². The second kappa shape index (κ2) is 4.69. The molecule has 2 rings (SSSR count). The molecule has 0 amide bonds. The highest BCUT2D eigenvalue weighted by Gasteiger charge is 2.56. The van der Waals surface area contributed by atoms with Gasteiger partial charge < -0.3 is 19.3 Å². The van der Waals surface area contributed by atoms with Crippen molar-refractivity contribution in [2.24, 2.45) is 0 Å². The number of rotatable bonds is 4. The van der Waals surface area contributed by atoms with Gasteiger partial charge in [-0.25, -0.2) is 4.79 Å². The molecule has 5 heteroatoms. The molecule has 0 radical (unpaired) electrons. The van der Waals surface area contributed by atoms with Crippen LogP contribution in [0.5, 0.6) is 0 Å². The lowest BCUT2D eigenvalue weighted by Crippen LogP contribution is -2.59. The average Bonchev–Trinajstić information content (AvgIpc) is 2.89. The van der Waals surface area contributed by atoms with Crippen molar-refractivity contribution in [3.05, 3.63) is 0 Å². The Balaban J connectivity index is 2.25.